The van der Waals surface area contributed by atoms with Gasteiger partial charge < -0.3 is 14.2 Å². The summed E-state index contributed by atoms with van der Waals surface area (Å²) in [5.74, 6) is -0.419. The standard InChI is InChI=1S/C14H24O4/c1-6-11(15)16-8-13(3,4)12-17-9-14(5,7-2)10-18-12/h6,12H,1,7-10H2,2-5H3. The number of carbonyl (C=O) groups is 1. The van der Waals surface area contributed by atoms with Crippen LogP contribution in [-0.4, -0.2) is 32.1 Å². The number of esters is 1. The predicted molar refractivity (Wildman–Crippen MR) is 69.0 cm³/mol. The van der Waals surface area contributed by atoms with Gasteiger partial charge in [0.25, 0.3) is 0 Å². The van der Waals surface area contributed by atoms with Crippen molar-refractivity contribution in [1.29, 1.82) is 0 Å². The third-order valence-corrected chi connectivity index (χ3v) is 3.41. The van der Waals surface area contributed by atoms with Crippen molar-refractivity contribution >= 4 is 5.97 Å². The zero-order valence-electron chi connectivity index (χ0n) is 11.8. The Morgan fingerprint density at radius 3 is 2.50 bits per heavy atom. The van der Waals surface area contributed by atoms with Gasteiger partial charge in [-0.25, -0.2) is 4.79 Å². The molecule has 1 aliphatic rings. The minimum absolute atomic E-state index is 0.0877. The molecule has 4 heteroatoms. The van der Waals surface area contributed by atoms with E-state index < -0.39 is 5.97 Å². The lowest BCUT2D eigenvalue weighted by Crippen LogP contribution is -2.47. The van der Waals surface area contributed by atoms with Crippen molar-refractivity contribution in [3.63, 3.8) is 0 Å². The molecule has 1 rings (SSSR count). The monoisotopic (exact) mass is 256 g/mol. The summed E-state index contributed by atoms with van der Waals surface area (Å²) in [5.41, 5.74) is -0.280. The molecule has 0 atom stereocenters. The van der Waals surface area contributed by atoms with Crippen LogP contribution < -0.4 is 0 Å². The third-order valence-electron chi connectivity index (χ3n) is 3.41. The molecule has 1 heterocycles. The topological polar surface area (TPSA) is 44.8 Å². The molecule has 0 radical (unpaired) electrons. The van der Waals surface area contributed by atoms with E-state index in [1.165, 1.54) is 0 Å². The highest BCUT2D eigenvalue weighted by Gasteiger charge is 2.39. The molecular weight excluding hydrogens is 232 g/mol. The maximum Gasteiger partial charge on any atom is 0.330 e. The Morgan fingerprint density at radius 1 is 1.50 bits per heavy atom. The molecule has 0 amide bonds. The van der Waals surface area contributed by atoms with Crippen molar-refractivity contribution < 1.29 is 19.0 Å². The lowest BCUT2D eigenvalue weighted by atomic mass is 9.87. The average molecular weight is 256 g/mol. The zero-order chi connectivity index (χ0) is 13.8. The highest BCUT2D eigenvalue weighted by molar-refractivity contribution is 5.81. The number of rotatable bonds is 5. The SMILES string of the molecule is C=CC(=O)OCC(C)(C)C1OCC(C)(CC)CO1. The van der Waals surface area contributed by atoms with E-state index in [0.717, 1.165) is 12.5 Å². The molecule has 0 N–H and O–H groups in total. The van der Waals surface area contributed by atoms with E-state index in [-0.39, 0.29) is 23.7 Å². The first kappa shape index (κ1) is 15.2. The summed E-state index contributed by atoms with van der Waals surface area (Å²) in [6.45, 7) is 13.2. The molecule has 0 unspecified atom stereocenters. The molecule has 4 nitrogen and oxygen atoms in total. The van der Waals surface area contributed by atoms with Crippen molar-refractivity contribution in [2.45, 2.75) is 40.4 Å². The quantitative estimate of drug-likeness (QED) is 0.560. The van der Waals surface area contributed by atoms with E-state index in [2.05, 4.69) is 20.4 Å². The number of ether oxygens (including phenoxy) is 3. The molecule has 1 fully saturated rings. The fraction of sp³-hybridized carbons (Fsp3) is 0.786. The summed E-state index contributed by atoms with van der Waals surface area (Å²) in [6.07, 6.45) is 1.84. The van der Waals surface area contributed by atoms with E-state index in [0.29, 0.717) is 13.2 Å². The van der Waals surface area contributed by atoms with Crippen LogP contribution in [0.25, 0.3) is 0 Å². The Balaban J connectivity index is 2.49. The summed E-state index contributed by atoms with van der Waals surface area (Å²) in [5, 5.41) is 0. The minimum atomic E-state index is -0.419. The first-order valence-electron chi connectivity index (χ1n) is 6.35. The third kappa shape index (κ3) is 3.82. The van der Waals surface area contributed by atoms with Gasteiger partial charge in [0.2, 0.25) is 0 Å². The van der Waals surface area contributed by atoms with E-state index in [4.69, 9.17) is 14.2 Å². The number of hydrogen-bond acceptors (Lipinski definition) is 4. The first-order valence-corrected chi connectivity index (χ1v) is 6.35. The van der Waals surface area contributed by atoms with Crippen molar-refractivity contribution in [1.82, 2.24) is 0 Å². The van der Waals surface area contributed by atoms with Crippen molar-refractivity contribution in [2.24, 2.45) is 10.8 Å². The molecule has 18 heavy (non-hydrogen) atoms. The maximum atomic E-state index is 11.1. The fourth-order valence-electron chi connectivity index (χ4n) is 1.68. The summed E-state index contributed by atoms with van der Waals surface area (Å²) < 4.78 is 16.6. The summed E-state index contributed by atoms with van der Waals surface area (Å²) in [6, 6.07) is 0. The van der Waals surface area contributed by atoms with Gasteiger partial charge in [0.15, 0.2) is 6.29 Å². The zero-order valence-corrected chi connectivity index (χ0v) is 11.8. The van der Waals surface area contributed by atoms with Gasteiger partial charge in [0.05, 0.1) is 13.2 Å². The van der Waals surface area contributed by atoms with Gasteiger partial charge in [-0.05, 0) is 6.42 Å². The number of hydrogen-bond donors (Lipinski definition) is 0. The Kier molecular flexibility index (Phi) is 4.93. The average Bonchev–Trinajstić information content (AvgIpc) is 2.36. The van der Waals surface area contributed by atoms with Crippen molar-refractivity contribution in [3.05, 3.63) is 12.7 Å². The van der Waals surface area contributed by atoms with Crippen molar-refractivity contribution in [2.75, 3.05) is 19.8 Å². The fourth-order valence-corrected chi connectivity index (χ4v) is 1.68. The highest BCUT2D eigenvalue weighted by atomic mass is 16.7. The lowest BCUT2D eigenvalue weighted by molar-refractivity contribution is -0.272. The van der Waals surface area contributed by atoms with Crippen LogP contribution >= 0.6 is 0 Å². The Labute approximate surface area is 109 Å². The van der Waals surface area contributed by atoms with Crippen LogP contribution in [0.2, 0.25) is 0 Å². The molecule has 0 aromatic rings. The number of carbonyl (C=O) groups excluding carboxylic acids is 1. The second-order valence-corrected chi connectivity index (χ2v) is 5.92. The molecule has 0 aromatic carbocycles. The molecule has 0 aromatic heterocycles. The van der Waals surface area contributed by atoms with Crippen LogP contribution in [0.5, 0.6) is 0 Å². The van der Waals surface area contributed by atoms with Gasteiger partial charge in [-0.2, -0.15) is 0 Å². The van der Waals surface area contributed by atoms with Gasteiger partial charge in [-0.3, -0.25) is 0 Å². The molecule has 0 saturated carbocycles. The second kappa shape index (κ2) is 5.85. The summed E-state index contributed by atoms with van der Waals surface area (Å²) in [7, 11) is 0. The molecule has 1 aliphatic heterocycles. The van der Waals surface area contributed by atoms with Gasteiger partial charge >= 0.3 is 5.97 Å². The van der Waals surface area contributed by atoms with Crippen LogP contribution in [0, 0.1) is 10.8 Å². The highest BCUT2D eigenvalue weighted by Crippen LogP contribution is 2.34. The molecule has 0 aliphatic carbocycles. The van der Waals surface area contributed by atoms with Crippen LogP contribution in [0.1, 0.15) is 34.1 Å². The van der Waals surface area contributed by atoms with E-state index in [1.807, 2.05) is 13.8 Å². The smallest absolute Gasteiger partial charge is 0.330 e. The minimum Gasteiger partial charge on any atom is -0.462 e. The predicted octanol–water partition coefficient (Wildman–Crippen LogP) is 2.53. The lowest BCUT2D eigenvalue weighted by Gasteiger charge is -2.42. The van der Waals surface area contributed by atoms with Crippen LogP contribution in [-0.2, 0) is 19.0 Å². The normalized spacial score (nSPS) is 28.8. The van der Waals surface area contributed by atoms with E-state index >= 15 is 0 Å². The molecular formula is C14H24O4. The summed E-state index contributed by atoms with van der Waals surface area (Å²) in [4.78, 5) is 11.1. The van der Waals surface area contributed by atoms with Gasteiger partial charge in [-0.1, -0.05) is 34.3 Å². The molecule has 0 bridgehead atoms. The molecule has 104 valence electrons. The van der Waals surface area contributed by atoms with Crippen LogP contribution in [0.4, 0.5) is 0 Å². The maximum absolute atomic E-state index is 11.1. The molecule has 0 spiro atoms. The van der Waals surface area contributed by atoms with E-state index in [9.17, 15) is 4.79 Å². The van der Waals surface area contributed by atoms with Gasteiger partial charge in [-0.15, -0.1) is 0 Å². The van der Waals surface area contributed by atoms with Crippen molar-refractivity contribution in [3.8, 4) is 0 Å². The van der Waals surface area contributed by atoms with E-state index in [1.54, 1.807) is 0 Å². The first-order chi connectivity index (χ1) is 8.33. The van der Waals surface area contributed by atoms with Crippen LogP contribution in [0.3, 0.4) is 0 Å². The summed E-state index contributed by atoms with van der Waals surface area (Å²) >= 11 is 0. The molecule has 1 saturated heterocycles. The van der Waals surface area contributed by atoms with Gasteiger partial charge in [0.1, 0.15) is 6.61 Å². The Morgan fingerprint density at radius 2 is 2.06 bits per heavy atom. The largest absolute Gasteiger partial charge is 0.462 e. The van der Waals surface area contributed by atoms with Crippen LogP contribution in [0.15, 0.2) is 12.7 Å². The Hall–Kier alpha value is -0.870. The Bertz CT molecular complexity index is 301. The second-order valence-electron chi connectivity index (χ2n) is 5.92. The van der Waals surface area contributed by atoms with Gasteiger partial charge in [0, 0.05) is 16.9 Å².